The lowest BCUT2D eigenvalue weighted by molar-refractivity contribution is -0.118. The van der Waals surface area contributed by atoms with Crippen LogP contribution in [0.2, 0.25) is 0 Å². The van der Waals surface area contributed by atoms with E-state index in [4.69, 9.17) is 4.74 Å². The summed E-state index contributed by atoms with van der Waals surface area (Å²) in [5, 5.41) is 3.43. The van der Waals surface area contributed by atoms with Gasteiger partial charge < -0.3 is 4.74 Å². The van der Waals surface area contributed by atoms with Crippen LogP contribution in [0.5, 0.6) is 0 Å². The number of hydrogen-bond acceptors (Lipinski definition) is 7. The Morgan fingerprint density at radius 3 is 2.55 bits per heavy atom. The number of ether oxygens (including phenoxy) is 1. The molecule has 2 aromatic heterocycles. The van der Waals surface area contributed by atoms with Gasteiger partial charge in [-0.1, -0.05) is 48.6 Å². The number of rotatable bonds is 8. The largest absolute Gasteiger partial charge is 0.462 e. The van der Waals surface area contributed by atoms with Crippen molar-refractivity contribution in [3.8, 4) is 0 Å². The number of nitrogens with zero attached hydrogens (tertiary/aromatic N) is 3. The molecule has 0 saturated heterocycles. The normalized spacial score (nSPS) is 10.7. The smallest absolute Gasteiger partial charge is 0.350 e. The Bertz CT molecular complexity index is 982. The molecular weight excluding hydrogens is 406 g/mol. The fraction of sp³-hybridized carbons (Fsp3) is 0.333. The van der Waals surface area contributed by atoms with Gasteiger partial charge in [0.2, 0.25) is 5.91 Å². The number of amides is 1. The second kappa shape index (κ2) is 9.76. The molecule has 6 nitrogen and oxygen atoms in total. The van der Waals surface area contributed by atoms with E-state index in [2.05, 4.69) is 9.97 Å². The van der Waals surface area contributed by atoms with Crippen molar-refractivity contribution in [1.82, 2.24) is 9.97 Å². The summed E-state index contributed by atoms with van der Waals surface area (Å²) in [7, 11) is 0. The Labute approximate surface area is 178 Å². The number of aromatic nitrogens is 2. The van der Waals surface area contributed by atoms with Crippen LogP contribution >= 0.6 is 22.7 Å². The van der Waals surface area contributed by atoms with Crippen LogP contribution in [0.1, 0.15) is 45.5 Å². The molecule has 0 bridgehead atoms. The van der Waals surface area contributed by atoms with Gasteiger partial charge in [-0.15, -0.1) is 11.3 Å². The summed E-state index contributed by atoms with van der Waals surface area (Å²) in [5.41, 5.74) is 2.31. The van der Waals surface area contributed by atoms with Gasteiger partial charge in [0.05, 0.1) is 36.0 Å². The average Bonchev–Trinajstić information content (AvgIpc) is 3.33. The summed E-state index contributed by atoms with van der Waals surface area (Å²) in [6.07, 6.45) is 1.04. The van der Waals surface area contributed by atoms with E-state index in [-0.39, 0.29) is 12.3 Å². The minimum absolute atomic E-state index is 0.106. The summed E-state index contributed by atoms with van der Waals surface area (Å²) in [6.45, 7) is 6.23. The Morgan fingerprint density at radius 2 is 1.90 bits per heavy atom. The molecule has 29 heavy (non-hydrogen) atoms. The number of hydrogen-bond donors (Lipinski definition) is 0. The van der Waals surface area contributed by atoms with Crippen LogP contribution in [0.3, 0.4) is 0 Å². The van der Waals surface area contributed by atoms with Gasteiger partial charge in [-0.05, 0) is 25.8 Å². The van der Waals surface area contributed by atoms with Crippen molar-refractivity contribution in [2.45, 2.75) is 40.2 Å². The highest BCUT2D eigenvalue weighted by molar-refractivity contribution is 7.17. The van der Waals surface area contributed by atoms with Crippen LogP contribution < -0.4 is 4.90 Å². The van der Waals surface area contributed by atoms with Crippen LogP contribution in [0.15, 0.2) is 35.7 Å². The van der Waals surface area contributed by atoms with E-state index in [9.17, 15) is 9.59 Å². The second-order valence-corrected chi connectivity index (χ2v) is 8.28. The molecular formula is C21H23N3O3S2. The number of carbonyl (C=O) groups is 2. The molecule has 152 valence electrons. The third-order valence-electron chi connectivity index (χ3n) is 4.20. The molecule has 3 rings (SSSR count). The summed E-state index contributed by atoms with van der Waals surface area (Å²) >= 11 is 2.75. The molecule has 1 amide bonds. The molecule has 0 radical (unpaired) electrons. The van der Waals surface area contributed by atoms with E-state index in [1.165, 1.54) is 11.3 Å². The average molecular weight is 430 g/mol. The van der Waals surface area contributed by atoms with Crippen molar-refractivity contribution in [2.75, 3.05) is 11.5 Å². The number of aryl methyl sites for hydroxylation is 2. The third kappa shape index (κ3) is 5.27. The number of thiazole rings is 2. The second-order valence-electron chi connectivity index (χ2n) is 6.36. The maximum atomic E-state index is 13.2. The first-order valence-electron chi connectivity index (χ1n) is 9.43. The molecule has 0 aliphatic rings. The minimum Gasteiger partial charge on any atom is -0.462 e. The van der Waals surface area contributed by atoms with Gasteiger partial charge in [-0.2, -0.15) is 0 Å². The highest BCUT2D eigenvalue weighted by atomic mass is 32.1. The maximum Gasteiger partial charge on any atom is 0.350 e. The predicted octanol–water partition coefficient (Wildman–Crippen LogP) is 4.42. The van der Waals surface area contributed by atoms with Gasteiger partial charge in [-0.25, -0.2) is 14.8 Å². The summed E-state index contributed by atoms with van der Waals surface area (Å²) in [5.74, 6) is -0.515. The molecule has 8 heteroatoms. The number of esters is 1. The summed E-state index contributed by atoms with van der Waals surface area (Å²) in [4.78, 5) is 36.4. The molecule has 2 heterocycles. The third-order valence-corrected chi connectivity index (χ3v) is 6.40. The standard InChI is InChI=1S/C21H23N3O3S2/c1-4-17-23-16(13-28-17)11-18(25)24(12-15-9-7-6-8-10-15)21-22-14(3)19(29-21)20(26)27-5-2/h6-10,13H,4-5,11-12H2,1-3H3. The van der Waals surface area contributed by atoms with E-state index in [1.807, 2.05) is 42.6 Å². The van der Waals surface area contributed by atoms with Crippen LogP contribution in [0, 0.1) is 6.92 Å². The molecule has 1 aromatic carbocycles. The lowest BCUT2D eigenvalue weighted by atomic mass is 10.2. The first-order valence-corrected chi connectivity index (χ1v) is 11.1. The lowest BCUT2D eigenvalue weighted by Gasteiger charge is -2.19. The van der Waals surface area contributed by atoms with E-state index in [1.54, 1.807) is 30.1 Å². The SMILES string of the molecule is CCOC(=O)c1sc(N(Cc2ccccc2)C(=O)Cc2csc(CC)n2)nc1C. The van der Waals surface area contributed by atoms with Gasteiger partial charge in [0.1, 0.15) is 4.88 Å². The van der Waals surface area contributed by atoms with Crippen LogP contribution in [0.4, 0.5) is 5.13 Å². The van der Waals surface area contributed by atoms with Gasteiger partial charge in [0.25, 0.3) is 0 Å². The lowest BCUT2D eigenvalue weighted by Crippen LogP contribution is -2.31. The summed E-state index contributed by atoms with van der Waals surface area (Å²) < 4.78 is 5.11. The zero-order valence-electron chi connectivity index (χ0n) is 16.7. The Kier molecular flexibility index (Phi) is 7.11. The van der Waals surface area contributed by atoms with E-state index < -0.39 is 5.97 Å². The van der Waals surface area contributed by atoms with Crippen molar-refractivity contribution in [3.63, 3.8) is 0 Å². The van der Waals surface area contributed by atoms with E-state index in [0.29, 0.717) is 28.9 Å². The van der Waals surface area contributed by atoms with E-state index in [0.717, 1.165) is 22.7 Å². The van der Waals surface area contributed by atoms with Crippen molar-refractivity contribution >= 4 is 39.7 Å². The monoisotopic (exact) mass is 429 g/mol. The predicted molar refractivity (Wildman–Crippen MR) is 116 cm³/mol. The first kappa shape index (κ1) is 21.1. The molecule has 0 atom stereocenters. The fourth-order valence-corrected chi connectivity index (χ4v) is 4.48. The van der Waals surface area contributed by atoms with Gasteiger partial charge in [0.15, 0.2) is 5.13 Å². The van der Waals surface area contributed by atoms with Crippen LogP contribution in [-0.2, 0) is 28.9 Å². The van der Waals surface area contributed by atoms with Gasteiger partial charge >= 0.3 is 5.97 Å². The molecule has 0 spiro atoms. The quantitative estimate of drug-likeness (QED) is 0.496. The molecule has 0 saturated carbocycles. The summed E-state index contributed by atoms with van der Waals surface area (Å²) in [6, 6.07) is 9.73. The number of carbonyl (C=O) groups excluding carboxylic acids is 2. The van der Waals surface area contributed by atoms with Gasteiger partial charge in [0, 0.05) is 5.38 Å². The number of anilines is 1. The van der Waals surface area contributed by atoms with Crippen molar-refractivity contribution in [2.24, 2.45) is 0 Å². The highest BCUT2D eigenvalue weighted by Crippen LogP contribution is 2.29. The molecule has 0 aliphatic heterocycles. The van der Waals surface area contributed by atoms with Crippen LogP contribution in [-0.4, -0.2) is 28.5 Å². The minimum atomic E-state index is -0.409. The fourth-order valence-electron chi connectivity index (χ4n) is 2.76. The molecule has 0 fully saturated rings. The highest BCUT2D eigenvalue weighted by Gasteiger charge is 2.24. The first-order chi connectivity index (χ1) is 14.0. The molecule has 0 unspecified atom stereocenters. The maximum absolute atomic E-state index is 13.2. The zero-order chi connectivity index (χ0) is 20.8. The van der Waals surface area contributed by atoms with Crippen molar-refractivity contribution in [3.05, 3.63) is 62.5 Å². The Morgan fingerprint density at radius 1 is 1.14 bits per heavy atom. The zero-order valence-corrected chi connectivity index (χ0v) is 18.3. The van der Waals surface area contributed by atoms with Gasteiger partial charge in [-0.3, -0.25) is 9.69 Å². The molecule has 3 aromatic rings. The molecule has 0 aliphatic carbocycles. The van der Waals surface area contributed by atoms with Crippen molar-refractivity contribution in [1.29, 1.82) is 0 Å². The topological polar surface area (TPSA) is 72.4 Å². The van der Waals surface area contributed by atoms with Crippen LogP contribution in [0.25, 0.3) is 0 Å². The number of benzene rings is 1. The van der Waals surface area contributed by atoms with E-state index >= 15 is 0 Å². The Hall–Kier alpha value is -2.58. The Balaban J connectivity index is 1.89. The van der Waals surface area contributed by atoms with Crippen molar-refractivity contribution < 1.29 is 14.3 Å². The molecule has 0 N–H and O–H groups in total.